The minimum Gasteiger partial charge on any atom is -0.473 e. The van der Waals surface area contributed by atoms with Gasteiger partial charge < -0.3 is 14.8 Å². The molecule has 0 aliphatic carbocycles. The molecule has 38 heavy (non-hydrogen) atoms. The van der Waals surface area contributed by atoms with Gasteiger partial charge in [-0.15, -0.1) is 0 Å². The van der Waals surface area contributed by atoms with E-state index in [1.165, 1.54) is 11.1 Å². The molecule has 0 saturated carbocycles. The molecule has 3 heterocycles. The highest BCUT2D eigenvalue weighted by Gasteiger charge is 2.20. The van der Waals surface area contributed by atoms with Crippen molar-refractivity contribution in [3.05, 3.63) is 114 Å². The summed E-state index contributed by atoms with van der Waals surface area (Å²) in [7, 11) is 2.01. The third-order valence-corrected chi connectivity index (χ3v) is 6.81. The Morgan fingerprint density at radius 2 is 1.53 bits per heavy atom. The number of pyridine rings is 1. The number of aryl methyl sites for hydroxylation is 1. The largest absolute Gasteiger partial charge is 0.473 e. The van der Waals surface area contributed by atoms with Crippen LogP contribution in [0.3, 0.4) is 0 Å². The van der Waals surface area contributed by atoms with Gasteiger partial charge in [-0.1, -0.05) is 84.9 Å². The number of nitrogens with one attached hydrogen (secondary N) is 1. The summed E-state index contributed by atoms with van der Waals surface area (Å²) in [4.78, 5) is 4.79. The molecule has 1 aliphatic heterocycles. The molecule has 6 heteroatoms. The van der Waals surface area contributed by atoms with Crippen LogP contribution in [0.1, 0.15) is 23.1 Å². The predicted octanol–water partition coefficient (Wildman–Crippen LogP) is 6.17. The second-order valence-corrected chi connectivity index (χ2v) is 9.41. The summed E-state index contributed by atoms with van der Waals surface area (Å²) in [5.41, 5.74) is 7.55. The Bertz CT molecular complexity index is 1580. The number of para-hydroxylation sites is 1. The van der Waals surface area contributed by atoms with Gasteiger partial charge in [0.1, 0.15) is 18.9 Å². The second-order valence-electron chi connectivity index (χ2n) is 9.41. The van der Waals surface area contributed by atoms with E-state index in [1.807, 2.05) is 84.5 Å². The van der Waals surface area contributed by atoms with Gasteiger partial charge in [0, 0.05) is 30.6 Å². The first kappa shape index (κ1) is 23.9. The molecule has 0 saturated heterocycles. The monoisotopic (exact) mass is 502 g/mol. The van der Waals surface area contributed by atoms with E-state index in [2.05, 4.69) is 29.6 Å². The first-order valence-electron chi connectivity index (χ1n) is 13.0. The zero-order valence-corrected chi connectivity index (χ0v) is 21.4. The smallest absolute Gasteiger partial charge is 0.226 e. The molecule has 0 atom stereocenters. The Labute approximate surface area is 222 Å². The summed E-state index contributed by atoms with van der Waals surface area (Å²) < 4.78 is 14.3. The molecular formula is C32H30N4O2. The van der Waals surface area contributed by atoms with Crippen LogP contribution in [0.4, 0.5) is 0 Å². The number of aromatic nitrogens is 3. The molecule has 6 rings (SSSR count). The summed E-state index contributed by atoms with van der Waals surface area (Å²) >= 11 is 0. The number of hydrogen-bond acceptors (Lipinski definition) is 5. The molecule has 5 aromatic rings. The number of nitrogens with zero attached hydrogens (tertiary/aromatic N) is 3. The van der Waals surface area contributed by atoms with E-state index < -0.39 is 0 Å². The Morgan fingerprint density at radius 3 is 2.24 bits per heavy atom. The van der Waals surface area contributed by atoms with Crippen LogP contribution >= 0.6 is 0 Å². The zero-order valence-electron chi connectivity index (χ0n) is 21.4. The third kappa shape index (κ3) is 5.04. The van der Waals surface area contributed by atoms with Crippen LogP contribution in [-0.4, -0.2) is 27.9 Å². The fourth-order valence-corrected chi connectivity index (χ4v) is 4.91. The van der Waals surface area contributed by atoms with Crippen LogP contribution in [0.25, 0.3) is 27.7 Å². The van der Waals surface area contributed by atoms with Crippen molar-refractivity contribution in [2.24, 2.45) is 7.05 Å². The van der Waals surface area contributed by atoms with E-state index in [1.54, 1.807) is 0 Å². The standard InChI is InChI=1S/C32H30N4O2/c1-36-31-26(25-17-19-33-20-18-25)13-8-14-27(31)30(35-36)28-15-16-29(37-21-23-9-4-2-5-10-23)34-32(28)38-22-24-11-6-3-7-12-24/h2-17,33H,18-22H2,1H3. The third-order valence-electron chi connectivity index (χ3n) is 6.81. The van der Waals surface area contributed by atoms with Crippen LogP contribution < -0.4 is 14.8 Å². The maximum atomic E-state index is 6.32. The number of rotatable bonds is 8. The highest BCUT2D eigenvalue weighted by molar-refractivity contribution is 6.00. The molecule has 0 radical (unpaired) electrons. The molecule has 1 N–H and O–H groups in total. The number of fused-ring (bicyclic) bond motifs is 1. The molecule has 0 fully saturated rings. The average Bonchev–Trinajstić information content (AvgIpc) is 3.33. The van der Waals surface area contributed by atoms with Crippen molar-refractivity contribution in [3.8, 4) is 23.0 Å². The van der Waals surface area contributed by atoms with Gasteiger partial charge in [-0.3, -0.25) is 4.68 Å². The Hall–Kier alpha value is -4.42. The normalized spacial score (nSPS) is 13.3. The maximum absolute atomic E-state index is 6.32. The van der Waals surface area contributed by atoms with Crippen molar-refractivity contribution in [3.63, 3.8) is 0 Å². The van der Waals surface area contributed by atoms with Gasteiger partial charge in [0.25, 0.3) is 0 Å². The van der Waals surface area contributed by atoms with Gasteiger partial charge in [0.15, 0.2) is 0 Å². The quantitative estimate of drug-likeness (QED) is 0.275. The summed E-state index contributed by atoms with van der Waals surface area (Å²) in [5.74, 6) is 1.02. The van der Waals surface area contributed by atoms with Gasteiger partial charge in [-0.25, -0.2) is 0 Å². The van der Waals surface area contributed by atoms with Crippen LogP contribution in [0.2, 0.25) is 0 Å². The van der Waals surface area contributed by atoms with Crippen molar-refractivity contribution in [2.75, 3.05) is 13.1 Å². The first-order chi connectivity index (χ1) is 18.8. The highest BCUT2D eigenvalue weighted by atomic mass is 16.5. The van der Waals surface area contributed by atoms with E-state index in [0.29, 0.717) is 25.0 Å². The summed E-state index contributed by atoms with van der Waals surface area (Å²) in [5, 5.41) is 9.45. The molecule has 0 amide bonds. The molecular weight excluding hydrogens is 472 g/mol. The number of benzene rings is 3. The van der Waals surface area contributed by atoms with Gasteiger partial charge >= 0.3 is 0 Å². The fourth-order valence-electron chi connectivity index (χ4n) is 4.91. The van der Waals surface area contributed by atoms with Gasteiger partial charge in [0.05, 0.1) is 11.1 Å². The number of ether oxygens (including phenoxy) is 2. The first-order valence-corrected chi connectivity index (χ1v) is 13.0. The molecule has 6 nitrogen and oxygen atoms in total. The Morgan fingerprint density at radius 1 is 0.789 bits per heavy atom. The lowest BCUT2D eigenvalue weighted by molar-refractivity contribution is 0.268. The Balaban J connectivity index is 1.39. The van der Waals surface area contributed by atoms with E-state index in [0.717, 1.165) is 52.8 Å². The SMILES string of the molecule is Cn1nc(-c2ccc(OCc3ccccc3)nc2OCc2ccccc2)c2cccc(C3=CCNCC3)c21. The van der Waals surface area contributed by atoms with E-state index in [-0.39, 0.29) is 0 Å². The van der Waals surface area contributed by atoms with Crippen molar-refractivity contribution >= 4 is 16.5 Å². The molecule has 0 bridgehead atoms. The van der Waals surface area contributed by atoms with Gasteiger partial charge in [0.2, 0.25) is 11.8 Å². The molecule has 190 valence electrons. The van der Waals surface area contributed by atoms with Crippen molar-refractivity contribution in [2.45, 2.75) is 19.6 Å². The van der Waals surface area contributed by atoms with Crippen LogP contribution in [0, 0.1) is 0 Å². The average molecular weight is 503 g/mol. The van der Waals surface area contributed by atoms with Crippen LogP contribution in [-0.2, 0) is 20.3 Å². The lowest BCUT2D eigenvalue weighted by atomic mass is 9.97. The minimum absolute atomic E-state index is 0.402. The molecule has 0 spiro atoms. The molecule has 1 aliphatic rings. The summed E-state index contributed by atoms with van der Waals surface area (Å²) in [6, 6.07) is 30.5. The van der Waals surface area contributed by atoms with Crippen LogP contribution in [0.5, 0.6) is 11.8 Å². The second kappa shape index (κ2) is 10.9. The van der Waals surface area contributed by atoms with Gasteiger partial charge in [-0.05, 0) is 35.7 Å². The topological polar surface area (TPSA) is 61.2 Å². The van der Waals surface area contributed by atoms with Crippen LogP contribution in [0.15, 0.2) is 97.1 Å². The zero-order chi connectivity index (χ0) is 25.7. The van der Waals surface area contributed by atoms with Gasteiger partial charge in [-0.2, -0.15) is 10.1 Å². The number of hydrogen-bond donors (Lipinski definition) is 1. The molecule has 0 unspecified atom stereocenters. The van der Waals surface area contributed by atoms with Crippen molar-refractivity contribution in [1.29, 1.82) is 0 Å². The van der Waals surface area contributed by atoms with Crippen molar-refractivity contribution < 1.29 is 9.47 Å². The fraction of sp³-hybridized carbons (Fsp3) is 0.188. The lowest BCUT2D eigenvalue weighted by Crippen LogP contribution is -2.20. The van der Waals surface area contributed by atoms with E-state index in [9.17, 15) is 0 Å². The molecule has 3 aromatic carbocycles. The highest BCUT2D eigenvalue weighted by Crippen LogP contribution is 2.38. The minimum atomic E-state index is 0.402. The van der Waals surface area contributed by atoms with E-state index >= 15 is 0 Å². The maximum Gasteiger partial charge on any atom is 0.226 e. The van der Waals surface area contributed by atoms with E-state index in [4.69, 9.17) is 19.6 Å². The van der Waals surface area contributed by atoms with Crippen molar-refractivity contribution in [1.82, 2.24) is 20.1 Å². The summed E-state index contributed by atoms with van der Waals surface area (Å²) in [6.45, 7) is 2.71. The Kier molecular flexibility index (Phi) is 6.87. The lowest BCUT2D eigenvalue weighted by Gasteiger charge is -2.15. The molecule has 2 aromatic heterocycles. The predicted molar refractivity (Wildman–Crippen MR) is 151 cm³/mol. The summed E-state index contributed by atoms with van der Waals surface area (Å²) in [6.07, 6.45) is 3.28.